The first-order valence-corrected chi connectivity index (χ1v) is 9.38. The molecule has 0 aliphatic heterocycles. The summed E-state index contributed by atoms with van der Waals surface area (Å²) in [6.45, 7) is 4.38. The van der Waals surface area contributed by atoms with Gasteiger partial charge in [-0.2, -0.15) is 0 Å². The summed E-state index contributed by atoms with van der Waals surface area (Å²) in [5.41, 5.74) is -0.689. The number of benzene rings is 1. The minimum Gasteiger partial charge on any atom is -0.393 e. The van der Waals surface area contributed by atoms with Crippen molar-refractivity contribution in [3.05, 3.63) is 29.3 Å². The summed E-state index contributed by atoms with van der Waals surface area (Å²) >= 11 is 5.72. The van der Waals surface area contributed by atoms with Gasteiger partial charge in [-0.1, -0.05) is 25.4 Å². The Labute approximate surface area is 147 Å². The second kappa shape index (κ2) is 8.15. The quantitative estimate of drug-likeness (QED) is 0.538. The molecule has 2 atom stereocenters. The maximum Gasteiger partial charge on any atom is 0.249 e. The molecule has 2 unspecified atom stereocenters. The number of aliphatic hydroxyl groups is 2. The number of halogens is 1. The van der Waals surface area contributed by atoms with E-state index in [1.54, 1.807) is 26.0 Å². The van der Waals surface area contributed by atoms with Crippen LogP contribution in [0.2, 0.25) is 5.02 Å². The van der Waals surface area contributed by atoms with Gasteiger partial charge in [0.2, 0.25) is 15.9 Å². The molecule has 0 spiro atoms. The van der Waals surface area contributed by atoms with Crippen LogP contribution in [0.25, 0.3) is 0 Å². The summed E-state index contributed by atoms with van der Waals surface area (Å²) in [4.78, 5) is 11.9. The van der Waals surface area contributed by atoms with Gasteiger partial charge < -0.3 is 15.5 Å². The van der Waals surface area contributed by atoms with Crippen LogP contribution in [-0.4, -0.2) is 49.0 Å². The van der Waals surface area contributed by atoms with Gasteiger partial charge in [0.25, 0.3) is 0 Å². The number of anilines is 1. The fourth-order valence-corrected chi connectivity index (χ4v) is 2.81. The molecule has 7 nitrogen and oxygen atoms in total. The summed E-state index contributed by atoms with van der Waals surface area (Å²) in [6.07, 6.45) is -2.36. The van der Waals surface area contributed by atoms with Crippen LogP contribution in [-0.2, 0) is 14.8 Å². The molecule has 0 heterocycles. The molecule has 1 aromatic carbocycles. The Morgan fingerprint density at radius 2 is 1.79 bits per heavy atom. The van der Waals surface area contributed by atoms with Crippen molar-refractivity contribution in [3.8, 4) is 0 Å². The van der Waals surface area contributed by atoms with Crippen molar-refractivity contribution in [2.45, 2.75) is 33.0 Å². The second-order valence-corrected chi connectivity index (χ2v) is 8.40. The van der Waals surface area contributed by atoms with Gasteiger partial charge >= 0.3 is 0 Å². The highest BCUT2D eigenvalue weighted by molar-refractivity contribution is 7.92. The molecule has 24 heavy (non-hydrogen) atoms. The van der Waals surface area contributed by atoms with E-state index in [4.69, 9.17) is 11.6 Å². The van der Waals surface area contributed by atoms with Crippen LogP contribution in [0.4, 0.5) is 5.69 Å². The monoisotopic (exact) mass is 378 g/mol. The van der Waals surface area contributed by atoms with Crippen molar-refractivity contribution in [1.82, 2.24) is 5.32 Å². The molecule has 0 saturated heterocycles. The van der Waals surface area contributed by atoms with Crippen LogP contribution in [0.3, 0.4) is 0 Å². The number of amides is 1. The topological polar surface area (TPSA) is 116 Å². The first-order chi connectivity index (χ1) is 11.0. The summed E-state index contributed by atoms with van der Waals surface area (Å²) in [7, 11) is -3.66. The van der Waals surface area contributed by atoms with Crippen LogP contribution in [0.5, 0.6) is 0 Å². The van der Waals surface area contributed by atoms with Gasteiger partial charge in [0, 0.05) is 22.7 Å². The van der Waals surface area contributed by atoms with Crippen LogP contribution < -0.4 is 10.0 Å². The van der Waals surface area contributed by atoms with Gasteiger partial charge in [0.05, 0.1) is 11.9 Å². The second-order valence-electron chi connectivity index (χ2n) is 6.12. The Kier molecular flexibility index (Phi) is 7.03. The van der Waals surface area contributed by atoms with Crippen LogP contribution in [0.1, 0.15) is 20.8 Å². The van der Waals surface area contributed by atoms with Gasteiger partial charge in [0.1, 0.15) is 6.10 Å². The fourth-order valence-electron chi connectivity index (χ4n) is 1.72. The van der Waals surface area contributed by atoms with E-state index in [2.05, 4.69) is 10.0 Å². The van der Waals surface area contributed by atoms with Gasteiger partial charge in [-0.25, -0.2) is 8.42 Å². The Balaban J connectivity index is 2.53. The Hall–Kier alpha value is -1.35. The Bertz CT molecular complexity index is 659. The highest BCUT2D eigenvalue weighted by Crippen LogP contribution is 2.25. The predicted molar refractivity (Wildman–Crippen MR) is 93.3 cm³/mol. The predicted octanol–water partition coefficient (Wildman–Crippen LogP) is 0.966. The zero-order chi connectivity index (χ0) is 18.5. The van der Waals surface area contributed by atoms with Crippen molar-refractivity contribution >= 4 is 33.2 Å². The van der Waals surface area contributed by atoms with E-state index in [1.165, 1.54) is 19.1 Å². The van der Waals surface area contributed by atoms with E-state index < -0.39 is 33.6 Å². The minimum atomic E-state index is -3.66. The summed E-state index contributed by atoms with van der Waals surface area (Å²) in [5, 5.41) is 22.4. The van der Waals surface area contributed by atoms with Crippen molar-refractivity contribution < 1.29 is 23.4 Å². The maximum absolute atomic E-state index is 11.9. The lowest BCUT2D eigenvalue weighted by Crippen LogP contribution is -2.49. The molecule has 9 heteroatoms. The van der Waals surface area contributed by atoms with E-state index in [-0.39, 0.29) is 12.3 Å². The molecule has 0 radical (unpaired) electrons. The smallest absolute Gasteiger partial charge is 0.249 e. The van der Waals surface area contributed by atoms with Crippen LogP contribution in [0, 0.1) is 5.41 Å². The normalized spacial score (nSPS) is 14.8. The third kappa shape index (κ3) is 5.94. The molecular weight excluding hydrogens is 356 g/mol. The SMILES string of the molecule is CC(O)C(C)(C)C(O)C(=O)NCCS(=O)(=O)Nc1ccc(Cl)cc1. The van der Waals surface area contributed by atoms with E-state index in [1.807, 2.05) is 0 Å². The molecule has 0 bridgehead atoms. The molecule has 0 fully saturated rings. The number of nitrogens with one attached hydrogen (secondary N) is 2. The number of aliphatic hydroxyl groups excluding tert-OH is 2. The lowest BCUT2D eigenvalue weighted by molar-refractivity contribution is -0.140. The molecule has 0 saturated carbocycles. The van der Waals surface area contributed by atoms with Crippen LogP contribution >= 0.6 is 11.6 Å². The van der Waals surface area contributed by atoms with Crippen molar-refractivity contribution in [1.29, 1.82) is 0 Å². The fraction of sp³-hybridized carbons (Fsp3) is 0.533. The third-order valence-corrected chi connectivity index (χ3v) is 5.36. The van der Waals surface area contributed by atoms with Gasteiger partial charge in [0.15, 0.2) is 0 Å². The summed E-state index contributed by atoms with van der Waals surface area (Å²) < 4.78 is 26.2. The number of carbonyl (C=O) groups excluding carboxylic acids is 1. The first-order valence-electron chi connectivity index (χ1n) is 7.35. The molecule has 0 aliphatic rings. The van der Waals surface area contributed by atoms with Crippen molar-refractivity contribution in [3.63, 3.8) is 0 Å². The zero-order valence-corrected chi connectivity index (χ0v) is 15.4. The number of rotatable bonds is 8. The number of carbonyl (C=O) groups is 1. The molecule has 0 aliphatic carbocycles. The zero-order valence-electron chi connectivity index (χ0n) is 13.8. The van der Waals surface area contributed by atoms with Gasteiger partial charge in [-0.3, -0.25) is 9.52 Å². The Morgan fingerprint density at radius 1 is 1.25 bits per heavy atom. The van der Waals surface area contributed by atoms with E-state index in [0.29, 0.717) is 10.7 Å². The molecule has 136 valence electrons. The lowest BCUT2D eigenvalue weighted by Gasteiger charge is -2.32. The molecule has 1 aromatic rings. The highest BCUT2D eigenvalue weighted by atomic mass is 35.5. The van der Waals surface area contributed by atoms with Crippen LogP contribution in [0.15, 0.2) is 24.3 Å². The number of hydrogen-bond acceptors (Lipinski definition) is 5. The highest BCUT2D eigenvalue weighted by Gasteiger charge is 2.37. The lowest BCUT2D eigenvalue weighted by atomic mass is 9.81. The standard InChI is InChI=1S/C15H23ClN2O5S/c1-10(19)15(2,3)13(20)14(21)17-8-9-24(22,23)18-12-6-4-11(16)5-7-12/h4-7,10,13,18-20H,8-9H2,1-3H3,(H,17,21). The molecule has 1 rings (SSSR count). The largest absolute Gasteiger partial charge is 0.393 e. The van der Waals surface area contributed by atoms with E-state index in [0.717, 1.165) is 0 Å². The van der Waals surface area contributed by atoms with E-state index >= 15 is 0 Å². The first kappa shape index (κ1) is 20.7. The van der Waals surface area contributed by atoms with Gasteiger partial charge in [-0.05, 0) is 31.2 Å². The Morgan fingerprint density at radius 3 is 2.29 bits per heavy atom. The molecule has 0 aromatic heterocycles. The average Bonchev–Trinajstić information content (AvgIpc) is 2.48. The third-order valence-electron chi connectivity index (χ3n) is 3.82. The number of hydrogen-bond donors (Lipinski definition) is 4. The minimum absolute atomic E-state index is 0.172. The summed E-state index contributed by atoms with van der Waals surface area (Å²) in [6, 6.07) is 6.14. The van der Waals surface area contributed by atoms with Crippen molar-refractivity contribution in [2.75, 3.05) is 17.0 Å². The maximum atomic E-state index is 11.9. The van der Waals surface area contributed by atoms with Gasteiger partial charge in [-0.15, -0.1) is 0 Å². The molecule has 4 N–H and O–H groups in total. The molecular formula is C15H23ClN2O5S. The summed E-state index contributed by atoms with van der Waals surface area (Å²) in [5.74, 6) is -1.09. The van der Waals surface area contributed by atoms with Crippen molar-refractivity contribution in [2.24, 2.45) is 5.41 Å². The number of sulfonamides is 1. The average molecular weight is 379 g/mol. The van der Waals surface area contributed by atoms with E-state index in [9.17, 15) is 23.4 Å². The molecule has 1 amide bonds.